The molecule has 0 aromatic carbocycles. The molecule has 0 amide bonds. The van der Waals surface area contributed by atoms with Crippen LogP contribution < -0.4 is 5.32 Å². The monoisotopic (exact) mass is 268 g/mol. The Kier molecular flexibility index (Phi) is 4.21. The molecule has 0 radical (unpaired) electrons. The third-order valence-electron chi connectivity index (χ3n) is 4.92. The Bertz CT molecular complexity index is 260. The summed E-state index contributed by atoms with van der Waals surface area (Å²) in [7, 11) is 0. The van der Waals surface area contributed by atoms with Gasteiger partial charge in [0.1, 0.15) is 0 Å². The van der Waals surface area contributed by atoms with Crippen LogP contribution in [-0.4, -0.2) is 47.1 Å². The van der Waals surface area contributed by atoms with Gasteiger partial charge in [0, 0.05) is 42.2 Å². The number of nitrogens with one attached hydrogen (secondary N) is 1. The molecule has 3 fully saturated rings. The summed E-state index contributed by atoms with van der Waals surface area (Å²) < 4.78 is 0. The minimum absolute atomic E-state index is 0.778. The zero-order chi connectivity index (χ0) is 12.5. The van der Waals surface area contributed by atoms with Gasteiger partial charge in [0.15, 0.2) is 0 Å². The van der Waals surface area contributed by atoms with Crippen LogP contribution in [0.25, 0.3) is 0 Å². The van der Waals surface area contributed by atoms with Crippen molar-refractivity contribution in [3.05, 3.63) is 0 Å². The number of rotatable bonds is 2. The Morgan fingerprint density at radius 1 is 1.11 bits per heavy atom. The first-order chi connectivity index (χ1) is 8.70. The van der Waals surface area contributed by atoms with Crippen LogP contribution in [0, 0.1) is 5.92 Å². The Hall–Kier alpha value is 0.270. The van der Waals surface area contributed by atoms with Crippen molar-refractivity contribution in [3.63, 3.8) is 0 Å². The zero-order valence-corrected chi connectivity index (χ0v) is 12.7. The molecule has 5 unspecified atom stereocenters. The van der Waals surface area contributed by atoms with E-state index in [0.29, 0.717) is 0 Å². The predicted octanol–water partition coefficient (Wildman–Crippen LogP) is 2.73. The fourth-order valence-electron chi connectivity index (χ4n) is 4.32. The van der Waals surface area contributed by atoms with Crippen LogP contribution in [0.1, 0.15) is 46.0 Å². The molecule has 2 saturated heterocycles. The first-order valence-electron chi connectivity index (χ1n) is 7.84. The number of hydrogen-bond acceptors (Lipinski definition) is 3. The normalized spacial score (nSPS) is 46.0. The molecular formula is C15H28N2S. The maximum atomic E-state index is 3.92. The summed E-state index contributed by atoms with van der Waals surface area (Å²) >= 11 is 2.16. The van der Waals surface area contributed by atoms with E-state index < -0.39 is 0 Å². The molecule has 3 aliphatic rings. The number of thioether (sulfide) groups is 1. The van der Waals surface area contributed by atoms with Crippen LogP contribution in [0.3, 0.4) is 0 Å². The lowest BCUT2D eigenvalue weighted by Crippen LogP contribution is -2.47. The Labute approximate surface area is 116 Å². The van der Waals surface area contributed by atoms with Gasteiger partial charge in [-0.05, 0) is 25.2 Å². The molecular weight excluding hydrogens is 240 g/mol. The van der Waals surface area contributed by atoms with Crippen molar-refractivity contribution in [2.75, 3.05) is 19.6 Å². The fourth-order valence-corrected chi connectivity index (χ4v) is 5.70. The van der Waals surface area contributed by atoms with Crippen molar-refractivity contribution in [1.29, 1.82) is 0 Å². The molecule has 1 N–H and O–H groups in total. The first-order valence-corrected chi connectivity index (χ1v) is 8.79. The highest BCUT2D eigenvalue weighted by Crippen LogP contribution is 2.34. The van der Waals surface area contributed by atoms with Gasteiger partial charge in [0.2, 0.25) is 0 Å². The van der Waals surface area contributed by atoms with Crippen molar-refractivity contribution in [2.24, 2.45) is 5.92 Å². The van der Waals surface area contributed by atoms with Gasteiger partial charge in [-0.1, -0.05) is 26.7 Å². The molecule has 2 aliphatic heterocycles. The molecule has 0 aromatic heterocycles. The van der Waals surface area contributed by atoms with Crippen molar-refractivity contribution >= 4 is 11.8 Å². The Morgan fingerprint density at radius 2 is 1.83 bits per heavy atom. The van der Waals surface area contributed by atoms with Gasteiger partial charge >= 0.3 is 0 Å². The third-order valence-corrected chi connectivity index (χ3v) is 6.15. The van der Waals surface area contributed by atoms with Gasteiger partial charge in [-0.3, -0.25) is 4.90 Å². The Morgan fingerprint density at radius 3 is 2.56 bits per heavy atom. The maximum Gasteiger partial charge on any atom is 0.0200 e. The van der Waals surface area contributed by atoms with E-state index in [2.05, 4.69) is 35.8 Å². The summed E-state index contributed by atoms with van der Waals surface area (Å²) in [6.45, 7) is 8.65. The molecule has 3 rings (SSSR count). The Balaban J connectivity index is 1.51. The van der Waals surface area contributed by atoms with Crippen LogP contribution in [-0.2, 0) is 0 Å². The minimum Gasteiger partial charge on any atom is -0.310 e. The zero-order valence-electron chi connectivity index (χ0n) is 11.9. The van der Waals surface area contributed by atoms with Gasteiger partial charge < -0.3 is 5.32 Å². The molecule has 1 saturated carbocycles. The third kappa shape index (κ3) is 3.05. The van der Waals surface area contributed by atoms with Crippen LogP contribution in [0.4, 0.5) is 0 Å². The van der Waals surface area contributed by atoms with Crippen LogP contribution in [0.5, 0.6) is 0 Å². The molecule has 3 heteroatoms. The molecule has 0 aromatic rings. The number of nitrogens with zero attached hydrogens (tertiary/aromatic N) is 1. The second kappa shape index (κ2) is 5.72. The van der Waals surface area contributed by atoms with Gasteiger partial charge in [0.25, 0.3) is 0 Å². The second-order valence-corrected chi connectivity index (χ2v) is 8.61. The standard InChI is InChI=1S/C15H28N2S/c1-11-8-17(9-12(2)18-11)10-14-7-13-5-3-4-6-15(13)16-14/h11-16H,3-10H2,1-2H3. The maximum absolute atomic E-state index is 3.92. The summed E-state index contributed by atoms with van der Waals surface area (Å²) in [6.07, 6.45) is 7.29. The van der Waals surface area contributed by atoms with E-state index in [9.17, 15) is 0 Å². The molecule has 0 bridgehead atoms. The molecule has 104 valence electrons. The van der Waals surface area contributed by atoms with E-state index in [1.807, 2.05) is 0 Å². The van der Waals surface area contributed by atoms with E-state index in [1.54, 1.807) is 0 Å². The van der Waals surface area contributed by atoms with E-state index >= 15 is 0 Å². The molecule has 18 heavy (non-hydrogen) atoms. The van der Waals surface area contributed by atoms with Gasteiger partial charge in [0.05, 0.1) is 0 Å². The lowest BCUT2D eigenvalue weighted by Gasteiger charge is -2.36. The number of hydrogen-bond donors (Lipinski definition) is 1. The summed E-state index contributed by atoms with van der Waals surface area (Å²) in [4.78, 5) is 2.71. The topological polar surface area (TPSA) is 15.3 Å². The SMILES string of the molecule is CC1CN(CC2CC3CCCCC3N2)CC(C)S1. The van der Waals surface area contributed by atoms with E-state index in [0.717, 1.165) is 28.5 Å². The van der Waals surface area contributed by atoms with Crippen molar-refractivity contribution in [1.82, 2.24) is 10.2 Å². The summed E-state index contributed by atoms with van der Waals surface area (Å²) in [5.74, 6) is 0.998. The lowest BCUT2D eigenvalue weighted by molar-refractivity contribution is 0.244. The van der Waals surface area contributed by atoms with E-state index in [1.165, 1.54) is 51.7 Å². The highest BCUT2D eigenvalue weighted by Gasteiger charge is 2.36. The second-order valence-electron chi connectivity index (χ2n) is 6.73. The van der Waals surface area contributed by atoms with E-state index in [4.69, 9.17) is 0 Å². The van der Waals surface area contributed by atoms with Gasteiger partial charge in [-0.15, -0.1) is 0 Å². The lowest BCUT2D eigenvalue weighted by atomic mass is 9.85. The summed E-state index contributed by atoms with van der Waals surface area (Å²) in [5, 5.41) is 5.56. The molecule has 5 atom stereocenters. The van der Waals surface area contributed by atoms with Crippen molar-refractivity contribution in [3.8, 4) is 0 Å². The highest BCUT2D eigenvalue weighted by molar-refractivity contribution is 8.00. The smallest absolute Gasteiger partial charge is 0.0200 e. The van der Waals surface area contributed by atoms with E-state index in [-0.39, 0.29) is 0 Å². The molecule has 0 spiro atoms. The quantitative estimate of drug-likeness (QED) is 0.829. The average molecular weight is 268 g/mol. The predicted molar refractivity (Wildman–Crippen MR) is 80.2 cm³/mol. The van der Waals surface area contributed by atoms with Crippen LogP contribution in [0.2, 0.25) is 0 Å². The van der Waals surface area contributed by atoms with Crippen molar-refractivity contribution in [2.45, 2.75) is 68.5 Å². The van der Waals surface area contributed by atoms with Gasteiger partial charge in [-0.25, -0.2) is 0 Å². The first kappa shape index (κ1) is 13.3. The fraction of sp³-hybridized carbons (Fsp3) is 1.00. The average Bonchev–Trinajstić information content (AvgIpc) is 2.69. The molecule has 1 aliphatic carbocycles. The van der Waals surface area contributed by atoms with Crippen LogP contribution in [0.15, 0.2) is 0 Å². The van der Waals surface area contributed by atoms with Crippen molar-refractivity contribution < 1.29 is 0 Å². The molecule has 2 heterocycles. The summed E-state index contributed by atoms with van der Waals surface area (Å²) in [5.41, 5.74) is 0. The van der Waals surface area contributed by atoms with Gasteiger partial charge in [-0.2, -0.15) is 11.8 Å². The summed E-state index contributed by atoms with van der Waals surface area (Å²) in [6, 6.07) is 1.64. The van der Waals surface area contributed by atoms with Crippen LogP contribution >= 0.6 is 11.8 Å². The minimum atomic E-state index is 0.778. The number of fused-ring (bicyclic) bond motifs is 1. The largest absolute Gasteiger partial charge is 0.310 e. The molecule has 2 nitrogen and oxygen atoms in total. The highest BCUT2D eigenvalue weighted by atomic mass is 32.2.